The largest absolute Gasteiger partial charge is 0.326 e. The number of hydrogen-bond donors (Lipinski definition) is 1. The number of hydrogen-bond acceptors (Lipinski definition) is 4. The fourth-order valence-corrected chi connectivity index (χ4v) is 2.14. The van der Waals surface area contributed by atoms with Gasteiger partial charge in [0.2, 0.25) is 0 Å². The van der Waals surface area contributed by atoms with Gasteiger partial charge in [-0.2, -0.15) is 0 Å². The fourth-order valence-electron chi connectivity index (χ4n) is 1.28. The molecule has 0 saturated carbocycles. The summed E-state index contributed by atoms with van der Waals surface area (Å²) in [6.45, 7) is 8.21. The molecule has 4 heteroatoms. The van der Waals surface area contributed by atoms with Crippen molar-refractivity contribution >= 4 is 11.3 Å². The Balaban J connectivity index is 2.37. The molecule has 1 rings (SSSR count). The van der Waals surface area contributed by atoms with E-state index in [4.69, 9.17) is 5.73 Å². The van der Waals surface area contributed by atoms with Crippen LogP contribution in [0.3, 0.4) is 0 Å². The molecule has 0 aromatic carbocycles. The normalized spacial score (nSPS) is 12.4. The summed E-state index contributed by atoms with van der Waals surface area (Å²) in [6.07, 6.45) is 1.02. The summed E-state index contributed by atoms with van der Waals surface area (Å²) >= 11 is 1.73. The van der Waals surface area contributed by atoms with Crippen LogP contribution in [0.5, 0.6) is 0 Å². The van der Waals surface area contributed by atoms with Crippen LogP contribution in [0.4, 0.5) is 0 Å². The summed E-state index contributed by atoms with van der Waals surface area (Å²) in [4.78, 5) is 7.90. The lowest BCUT2D eigenvalue weighted by atomic mass is 10.0. The second-order valence-electron chi connectivity index (χ2n) is 4.84. The first-order chi connectivity index (χ1) is 6.88. The van der Waals surface area contributed by atoms with Crippen LogP contribution in [-0.2, 0) is 6.54 Å². The Labute approximate surface area is 96.3 Å². The average molecular weight is 227 g/mol. The predicted molar refractivity (Wildman–Crippen MR) is 66.1 cm³/mol. The van der Waals surface area contributed by atoms with Gasteiger partial charge in [0, 0.05) is 17.0 Å². The van der Waals surface area contributed by atoms with E-state index in [-0.39, 0.29) is 5.54 Å². The first-order valence-electron chi connectivity index (χ1n) is 5.25. The van der Waals surface area contributed by atoms with Crippen LogP contribution in [0.15, 0.2) is 5.51 Å². The smallest absolute Gasteiger partial charge is 0.0798 e. The van der Waals surface area contributed by atoms with Gasteiger partial charge in [0.05, 0.1) is 11.2 Å². The molecule has 0 aliphatic rings. The molecule has 86 valence electrons. The minimum Gasteiger partial charge on any atom is -0.326 e. The van der Waals surface area contributed by atoms with Gasteiger partial charge in [0.1, 0.15) is 0 Å². The molecule has 0 radical (unpaired) electrons. The summed E-state index contributed by atoms with van der Waals surface area (Å²) < 4.78 is 0. The average Bonchev–Trinajstić information content (AvgIpc) is 2.47. The van der Waals surface area contributed by atoms with Crippen LogP contribution in [-0.4, -0.2) is 29.0 Å². The molecule has 0 amide bonds. The molecular formula is C11H21N3S. The molecule has 1 aromatic heterocycles. The summed E-state index contributed by atoms with van der Waals surface area (Å²) in [5.41, 5.74) is 8.94. The first kappa shape index (κ1) is 12.6. The van der Waals surface area contributed by atoms with Gasteiger partial charge < -0.3 is 10.6 Å². The van der Waals surface area contributed by atoms with Crippen LogP contribution < -0.4 is 5.73 Å². The van der Waals surface area contributed by atoms with Crippen molar-refractivity contribution in [1.29, 1.82) is 0 Å². The van der Waals surface area contributed by atoms with Gasteiger partial charge >= 0.3 is 0 Å². The van der Waals surface area contributed by atoms with E-state index < -0.39 is 0 Å². The van der Waals surface area contributed by atoms with Gasteiger partial charge in [-0.05, 0) is 40.8 Å². The highest BCUT2D eigenvalue weighted by Gasteiger charge is 2.12. The number of rotatable bonds is 5. The summed E-state index contributed by atoms with van der Waals surface area (Å²) in [7, 11) is 2.13. The van der Waals surface area contributed by atoms with Crippen molar-refractivity contribution in [3.8, 4) is 0 Å². The van der Waals surface area contributed by atoms with E-state index >= 15 is 0 Å². The molecule has 1 heterocycles. The Hall–Kier alpha value is -0.450. The third-order valence-electron chi connectivity index (χ3n) is 2.40. The predicted octanol–water partition coefficient (Wildman–Crippen LogP) is 2.01. The van der Waals surface area contributed by atoms with E-state index in [0.29, 0.717) is 0 Å². The highest BCUT2D eigenvalue weighted by molar-refractivity contribution is 7.09. The fraction of sp³-hybridized carbons (Fsp3) is 0.727. The lowest BCUT2D eigenvalue weighted by Gasteiger charge is -2.23. The molecule has 0 unspecified atom stereocenters. The van der Waals surface area contributed by atoms with Crippen molar-refractivity contribution in [2.45, 2.75) is 39.3 Å². The SMILES string of the molecule is Cc1ncsc1CN(C)CCC(C)(C)N. The van der Waals surface area contributed by atoms with Crippen molar-refractivity contribution in [3.05, 3.63) is 16.1 Å². The van der Waals surface area contributed by atoms with Crippen LogP contribution in [0.2, 0.25) is 0 Å². The Morgan fingerprint density at radius 3 is 2.67 bits per heavy atom. The third kappa shape index (κ3) is 4.73. The minimum absolute atomic E-state index is 0.0724. The maximum atomic E-state index is 5.95. The van der Waals surface area contributed by atoms with E-state index in [0.717, 1.165) is 25.2 Å². The van der Waals surface area contributed by atoms with Crippen LogP contribution in [0.25, 0.3) is 0 Å². The number of aryl methyl sites for hydroxylation is 1. The van der Waals surface area contributed by atoms with E-state index in [1.165, 1.54) is 4.88 Å². The third-order valence-corrected chi connectivity index (χ3v) is 3.32. The molecule has 0 saturated heterocycles. The Morgan fingerprint density at radius 1 is 1.53 bits per heavy atom. The second-order valence-corrected chi connectivity index (χ2v) is 5.78. The number of aromatic nitrogens is 1. The summed E-state index contributed by atoms with van der Waals surface area (Å²) in [5.74, 6) is 0. The monoisotopic (exact) mass is 227 g/mol. The van der Waals surface area contributed by atoms with E-state index in [2.05, 4.69) is 37.7 Å². The number of thiazole rings is 1. The molecule has 0 spiro atoms. The quantitative estimate of drug-likeness (QED) is 0.836. The number of nitrogens with two attached hydrogens (primary N) is 1. The highest BCUT2D eigenvalue weighted by atomic mass is 32.1. The zero-order chi connectivity index (χ0) is 11.5. The number of nitrogens with zero attached hydrogens (tertiary/aromatic N) is 2. The van der Waals surface area contributed by atoms with Crippen LogP contribution in [0.1, 0.15) is 30.8 Å². The maximum absolute atomic E-state index is 5.95. The molecule has 15 heavy (non-hydrogen) atoms. The Bertz CT molecular complexity index is 301. The van der Waals surface area contributed by atoms with Gasteiger partial charge in [-0.1, -0.05) is 0 Å². The molecule has 0 fully saturated rings. The Kier molecular flexibility index (Phi) is 4.25. The molecule has 2 N–H and O–H groups in total. The molecular weight excluding hydrogens is 206 g/mol. The summed E-state index contributed by atoms with van der Waals surface area (Å²) in [6, 6.07) is 0. The van der Waals surface area contributed by atoms with Crippen LogP contribution >= 0.6 is 11.3 Å². The van der Waals surface area contributed by atoms with E-state index in [1.54, 1.807) is 11.3 Å². The summed E-state index contributed by atoms with van der Waals surface area (Å²) in [5, 5.41) is 0. The zero-order valence-electron chi connectivity index (χ0n) is 10.1. The highest BCUT2D eigenvalue weighted by Crippen LogP contribution is 2.15. The topological polar surface area (TPSA) is 42.2 Å². The maximum Gasteiger partial charge on any atom is 0.0798 e. The lowest BCUT2D eigenvalue weighted by molar-refractivity contribution is 0.290. The van der Waals surface area contributed by atoms with Gasteiger partial charge in [-0.3, -0.25) is 0 Å². The molecule has 0 bridgehead atoms. The van der Waals surface area contributed by atoms with Gasteiger partial charge in [-0.25, -0.2) is 4.98 Å². The standard InChI is InChI=1S/C11H21N3S/c1-9-10(15-8-13-9)7-14(4)6-5-11(2,3)12/h8H,5-7,12H2,1-4H3. The van der Waals surface area contributed by atoms with Crippen molar-refractivity contribution in [2.75, 3.05) is 13.6 Å². The van der Waals surface area contributed by atoms with Crippen LogP contribution in [0, 0.1) is 6.92 Å². The van der Waals surface area contributed by atoms with Gasteiger partial charge in [0.15, 0.2) is 0 Å². The van der Waals surface area contributed by atoms with Gasteiger partial charge in [-0.15, -0.1) is 11.3 Å². The molecule has 0 aliphatic carbocycles. The minimum atomic E-state index is -0.0724. The first-order valence-corrected chi connectivity index (χ1v) is 6.13. The van der Waals surface area contributed by atoms with Crippen molar-refractivity contribution in [3.63, 3.8) is 0 Å². The van der Waals surface area contributed by atoms with Crippen molar-refractivity contribution < 1.29 is 0 Å². The van der Waals surface area contributed by atoms with Crippen molar-refractivity contribution in [2.24, 2.45) is 5.73 Å². The molecule has 1 aromatic rings. The molecule has 0 aliphatic heterocycles. The Morgan fingerprint density at radius 2 is 2.20 bits per heavy atom. The molecule has 3 nitrogen and oxygen atoms in total. The van der Waals surface area contributed by atoms with E-state index in [1.807, 2.05) is 5.51 Å². The lowest BCUT2D eigenvalue weighted by Crippen LogP contribution is -2.36. The van der Waals surface area contributed by atoms with Crippen molar-refractivity contribution in [1.82, 2.24) is 9.88 Å². The van der Waals surface area contributed by atoms with E-state index in [9.17, 15) is 0 Å². The van der Waals surface area contributed by atoms with Gasteiger partial charge in [0.25, 0.3) is 0 Å². The molecule has 0 atom stereocenters. The zero-order valence-corrected chi connectivity index (χ0v) is 10.9. The second kappa shape index (κ2) is 5.05.